The molecule has 0 aliphatic carbocycles. The number of benzene rings is 2. The highest BCUT2D eigenvalue weighted by Gasteiger charge is 2.12. The number of hydrogen-bond acceptors (Lipinski definition) is 3. The zero-order chi connectivity index (χ0) is 15.6. The molecule has 7 heteroatoms. The summed E-state index contributed by atoms with van der Waals surface area (Å²) in [6, 6.07) is 7.89. The molecular formula is C14H10BrFN2O3. The second-order valence-corrected chi connectivity index (χ2v) is 5.04. The quantitative estimate of drug-likeness (QED) is 0.740. The van der Waals surface area contributed by atoms with E-state index in [0.29, 0.717) is 10.2 Å². The van der Waals surface area contributed by atoms with Gasteiger partial charge in [0.1, 0.15) is 5.82 Å². The highest BCUT2D eigenvalue weighted by atomic mass is 79.9. The molecule has 1 amide bonds. The first kappa shape index (κ1) is 15.0. The van der Waals surface area contributed by atoms with Gasteiger partial charge in [-0.15, -0.1) is 0 Å². The van der Waals surface area contributed by atoms with Crippen LogP contribution in [-0.2, 0) is 0 Å². The second kappa shape index (κ2) is 5.92. The summed E-state index contributed by atoms with van der Waals surface area (Å²) < 4.78 is 13.7. The number of halogens is 2. The van der Waals surface area contributed by atoms with Crippen LogP contribution in [0, 0.1) is 5.82 Å². The minimum absolute atomic E-state index is 0.0430. The van der Waals surface area contributed by atoms with Gasteiger partial charge in [0, 0.05) is 10.0 Å². The predicted molar refractivity (Wildman–Crippen MR) is 79.9 cm³/mol. The van der Waals surface area contributed by atoms with Gasteiger partial charge in [0.05, 0.1) is 16.9 Å². The Balaban J connectivity index is 2.23. The third-order valence-corrected chi connectivity index (χ3v) is 3.38. The lowest BCUT2D eigenvalue weighted by molar-refractivity contribution is 0.0696. The summed E-state index contributed by atoms with van der Waals surface area (Å²) in [5, 5.41) is 11.4. The maximum absolute atomic E-state index is 13.3. The Labute approximate surface area is 127 Å². The van der Waals surface area contributed by atoms with Crippen LogP contribution in [-0.4, -0.2) is 17.0 Å². The van der Waals surface area contributed by atoms with Crippen LogP contribution in [0.3, 0.4) is 0 Å². The molecule has 2 rings (SSSR count). The Morgan fingerprint density at radius 3 is 2.38 bits per heavy atom. The van der Waals surface area contributed by atoms with Gasteiger partial charge in [-0.1, -0.05) is 0 Å². The molecule has 4 N–H and O–H groups in total. The van der Waals surface area contributed by atoms with Gasteiger partial charge in [0.2, 0.25) is 0 Å². The van der Waals surface area contributed by atoms with Crippen molar-refractivity contribution in [3.63, 3.8) is 0 Å². The number of hydrogen-bond donors (Lipinski definition) is 3. The van der Waals surface area contributed by atoms with Gasteiger partial charge in [-0.2, -0.15) is 0 Å². The van der Waals surface area contributed by atoms with E-state index in [4.69, 9.17) is 10.8 Å². The first-order valence-corrected chi connectivity index (χ1v) is 6.57. The van der Waals surface area contributed by atoms with Crippen LogP contribution in [0.15, 0.2) is 40.9 Å². The highest BCUT2D eigenvalue weighted by molar-refractivity contribution is 9.10. The molecular weight excluding hydrogens is 343 g/mol. The minimum atomic E-state index is -1.07. The summed E-state index contributed by atoms with van der Waals surface area (Å²) in [4.78, 5) is 22.8. The van der Waals surface area contributed by atoms with Gasteiger partial charge in [-0.05, 0) is 52.3 Å². The Hall–Kier alpha value is -2.41. The van der Waals surface area contributed by atoms with E-state index in [0.717, 1.165) is 6.07 Å². The van der Waals surface area contributed by atoms with E-state index in [9.17, 15) is 14.0 Å². The van der Waals surface area contributed by atoms with Crippen LogP contribution in [0.5, 0.6) is 0 Å². The van der Waals surface area contributed by atoms with Crippen LogP contribution in [0.25, 0.3) is 0 Å². The maximum Gasteiger partial charge on any atom is 0.335 e. The third kappa shape index (κ3) is 3.38. The molecule has 0 spiro atoms. The van der Waals surface area contributed by atoms with E-state index in [1.165, 1.54) is 30.3 Å². The zero-order valence-electron chi connectivity index (χ0n) is 10.6. The number of aromatic carboxylic acids is 1. The van der Waals surface area contributed by atoms with Crippen molar-refractivity contribution in [1.29, 1.82) is 0 Å². The van der Waals surface area contributed by atoms with Crippen molar-refractivity contribution < 1.29 is 19.1 Å². The molecule has 5 nitrogen and oxygen atoms in total. The Kier molecular flexibility index (Phi) is 4.23. The van der Waals surface area contributed by atoms with Gasteiger partial charge in [0.25, 0.3) is 5.91 Å². The molecule has 108 valence electrons. The van der Waals surface area contributed by atoms with Crippen LogP contribution >= 0.6 is 15.9 Å². The summed E-state index contributed by atoms with van der Waals surface area (Å²) in [5.74, 6) is -2.28. The average Bonchev–Trinajstić information content (AvgIpc) is 2.43. The smallest absolute Gasteiger partial charge is 0.335 e. The van der Waals surface area contributed by atoms with E-state index in [1.54, 1.807) is 0 Å². The summed E-state index contributed by atoms with van der Waals surface area (Å²) in [6.07, 6.45) is 0. The number of carboxylic acid groups (broad SMARTS) is 1. The maximum atomic E-state index is 13.3. The fourth-order valence-corrected chi connectivity index (χ4v) is 2.09. The number of nitrogens with two attached hydrogens (primary N) is 1. The molecule has 0 aliphatic heterocycles. The van der Waals surface area contributed by atoms with Crippen molar-refractivity contribution in [2.75, 3.05) is 11.1 Å². The molecule has 0 unspecified atom stereocenters. The number of carbonyl (C=O) groups is 2. The van der Waals surface area contributed by atoms with Crippen molar-refractivity contribution in [3.05, 3.63) is 57.8 Å². The molecule has 0 heterocycles. The molecule has 0 saturated carbocycles. The minimum Gasteiger partial charge on any atom is -0.478 e. The molecule has 0 saturated heterocycles. The van der Waals surface area contributed by atoms with Crippen LogP contribution in [0.1, 0.15) is 20.7 Å². The number of anilines is 2. The molecule has 0 aromatic heterocycles. The predicted octanol–water partition coefficient (Wildman–Crippen LogP) is 3.12. The highest BCUT2D eigenvalue weighted by Crippen LogP contribution is 2.24. The molecule has 21 heavy (non-hydrogen) atoms. The molecule has 0 bridgehead atoms. The van der Waals surface area contributed by atoms with Gasteiger partial charge < -0.3 is 16.2 Å². The summed E-state index contributed by atoms with van der Waals surface area (Å²) in [7, 11) is 0. The zero-order valence-corrected chi connectivity index (χ0v) is 12.1. The third-order valence-electron chi connectivity index (χ3n) is 2.73. The van der Waals surface area contributed by atoms with Gasteiger partial charge in [-0.25, -0.2) is 9.18 Å². The molecule has 0 aliphatic rings. The Bertz CT molecular complexity index is 734. The van der Waals surface area contributed by atoms with E-state index in [2.05, 4.69) is 21.2 Å². The SMILES string of the molecule is Nc1ccc(C(=O)Nc2ccc(C(=O)O)cc2Br)cc1F. The van der Waals surface area contributed by atoms with Crippen molar-refractivity contribution in [3.8, 4) is 0 Å². The summed E-state index contributed by atoms with van der Waals surface area (Å²) in [6.45, 7) is 0. The topological polar surface area (TPSA) is 92.4 Å². The van der Waals surface area contributed by atoms with Gasteiger partial charge in [-0.3, -0.25) is 4.79 Å². The second-order valence-electron chi connectivity index (χ2n) is 4.19. The fourth-order valence-electron chi connectivity index (χ4n) is 1.61. The van der Waals surface area contributed by atoms with E-state index in [-0.39, 0.29) is 16.8 Å². The van der Waals surface area contributed by atoms with E-state index >= 15 is 0 Å². The van der Waals surface area contributed by atoms with Crippen LogP contribution in [0.4, 0.5) is 15.8 Å². The summed E-state index contributed by atoms with van der Waals surface area (Å²) in [5.41, 5.74) is 5.86. The lowest BCUT2D eigenvalue weighted by atomic mass is 10.1. The summed E-state index contributed by atoms with van der Waals surface area (Å²) >= 11 is 3.17. The fraction of sp³-hybridized carbons (Fsp3) is 0. The van der Waals surface area contributed by atoms with Crippen LogP contribution in [0.2, 0.25) is 0 Å². The molecule has 0 radical (unpaired) electrons. The molecule has 2 aromatic carbocycles. The van der Waals surface area contributed by atoms with Crippen LogP contribution < -0.4 is 11.1 Å². The number of carbonyl (C=O) groups excluding carboxylic acids is 1. The van der Waals surface area contributed by atoms with E-state index in [1.807, 2.05) is 0 Å². The number of amides is 1. The Morgan fingerprint density at radius 1 is 1.14 bits per heavy atom. The lowest BCUT2D eigenvalue weighted by Crippen LogP contribution is -2.13. The van der Waals surface area contributed by atoms with Crippen molar-refractivity contribution >= 4 is 39.2 Å². The normalized spacial score (nSPS) is 10.2. The number of nitrogen functional groups attached to an aromatic ring is 1. The monoisotopic (exact) mass is 352 g/mol. The van der Waals surface area contributed by atoms with Crippen molar-refractivity contribution in [1.82, 2.24) is 0 Å². The molecule has 2 aromatic rings. The number of carboxylic acids is 1. The Morgan fingerprint density at radius 2 is 1.81 bits per heavy atom. The van der Waals surface area contributed by atoms with Crippen molar-refractivity contribution in [2.45, 2.75) is 0 Å². The number of rotatable bonds is 3. The van der Waals surface area contributed by atoms with E-state index < -0.39 is 17.7 Å². The molecule has 0 atom stereocenters. The number of nitrogens with one attached hydrogen (secondary N) is 1. The van der Waals surface area contributed by atoms with Crippen molar-refractivity contribution in [2.24, 2.45) is 0 Å². The average molecular weight is 353 g/mol. The lowest BCUT2D eigenvalue weighted by Gasteiger charge is -2.08. The van der Waals surface area contributed by atoms with Gasteiger partial charge >= 0.3 is 5.97 Å². The largest absolute Gasteiger partial charge is 0.478 e. The first-order chi connectivity index (χ1) is 9.88. The first-order valence-electron chi connectivity index (χ1n) is 5.77. The standard InChI is InChI=1S/C14H10BrFN2O3/c15-9-5-8(14(20)21)2-4-12(9)18-13(19)7-1-3-11(17)10(16)6-7/h1-6H,17H2,(H,18,19)(H,20,21). The van der Waals surface area contributed by atoms with Gasteiger partial charge in [0.15, 0.2) is 0 Å². The molecule has 0 fully saturated rings.